The Kier molecular flexibility index (Phi) is 10.5. The smallest absolute Gasteiger partial charge is 0.193 e. The molecule has 7 heteroatoms. The molecule has 5 nitrogen and oxygen atoms in total. The third-order valence-electron chi connectivity index (χ3n) is 3.96. The summed E-state index contributed by atoms with van der Waals surface area (Å²) in [5, 5.41) is 12.6. The predicted octanol–water partition coefficient (Wildman–Crippen LogP) is 3.67. The highest BCUT2D eigenvalue weighted by Gasteiger charge is 2.07. The van der Waals surface area contributed by atoms with Crippen LogP contribution >= 0.6 is 24.0 Å². The van der Waals surface area contributed by atoms with E-state index >= 15 is 0 Å². The van der Waals surface area contributed by atoms with Crippen molar-refractivity contribution >= 4 is 29.9 Å². The van der Waals surface area contributed by atoms with Crippen molar-refractivity contribution in [1.29, 1.82) is 0 Å². The highest BCUT2D eigenvalue weighted by molar-refractivity contribution is 14.0. The van der Waals surface area contributed by atoms with Crippen LogP contribution in [0.1, 0.15) is 12.0 Å². The summed E-state index contributed by atoms with van der Waals surface area (Å²) < 4.78 is 19.0. The van der Waals surface area contributed by atoms with Gasteiger partial charge in [0.1, 0.15) is 12.4 Å². The molecule has 0 fully saturated rings. The predicted molar refractivity (Wildman–Crippen MR) is 118 cm³/mol. The van der Waals surface area contributed by atoms with Crippen LogP contribution in [0.5, 0.6) is 11.5 Å². The van der Waals surface area contributed by atoms with Crippen LogP contribution in [0.4, 0.5) is 4.39 Å². The van der Waals surface area contributed by atoms with Gasteiger partial charge in [-0.1, -0.05) is 24.3 Å². The van der Waals surface area contributed by atoms with Crippen molar-refractivity contribution in [3.8, 4) is 11.5 Å². The number of rotatable bonds is 8. The monoisotopic (exact) mass is 487 g/mol. The first-order valence-corrected chi connectivity index (χ1v) is 8.67. The van der Waals surface area contributed by atoms with Gasteiger partial charge in [-0.05, 0) is 42.7 Å². The van der Waals surface area contributed by atoms with E-state index in [1.54, 1.807) is 37.4 Å². The van der Waals surface area contributed by atoms with Crippen molar-refractivity contribution in [3.05, 3.63) is 59.9 Å². The molecule has 0 bridgehead atoms. The molecule has 2 aromatic rings. The zero-order valence-corrected chi connectivity index (χ0v) is 18.0. The number of benzene rings is 2. The van der Waals surface area contributed by atoms with Crippen molar-refractivity contribution in [2.75, 3.05) is 33.8 Å². The summed E-state index contributed by atoms with van der Waals surface area (Å²) in [5.41, 5.74) is 1.19. The lowest BCUT2D eigenvalue weighted by Crippen LogP contribution is -2.41. The Balaban J connectivity index is 0.00000364. The van der Waals surface area contributed by atoms with Crippen LogP contribution in [0.25, 0.3) is 0 Å². The molecule has 0 aliphatic carbocycles. The summed E-state index contributed by atoms with van der Waals surface area (Å²) in [7, 11) is 3.65. The first-order valence-electron chi connectivity index (χ1n) is 8.67. The molecular formula is C20H27FIN3O2. The normalized spacial score (nSPS) is 10.9. The van der Waals surface area contributed by atoms with Gasteiger partial charge in [0.2, 0.25) is 0 Å². The summed E-state index contributed by atoms with van der Waals surface area (Å²) >= 11 is 0. The van der Waals surface area contributed by atoms with Crippen molar-refractivity contribution in [3.63, 3.8) is 0 Å². The number of phenols is 1. The second-order valence-electron chi connectivity index (χ2n) is 5.94. The van der Waals surface area contributed by atoms with Gasteiger partial charge in [0, 0.05) is 20.6 Å². The third kappa shape index (κ3) is 8.03. The number of aryl methyl sites for hydroxylation is 1. The van der Waals surface area contributed by atoms with E-state index in [0.29, 0.717) is 13.2 Å². The first-order chi connectivity index (χ1) is 12.6. The van der Waals surface area contributed by atoms with Crippen LogP contribution in [-0.4, -0.2) is 49.8 Å². The van der Waals surface area contributed by atoms with Crippen molar-refractivity contribution in [2.45, 2.75) is 12.8 Å². The summed E-state index contributed by atoms with van der Waals surface area (Å²) in [6.45, 7) is 1.74. The molecule has 2 aromatic carbocycles. The van der Waals surface area contributed by atoms with Crippen LogP contribution in [0, 0.1) is 5.82 Å². The van der Waals surface area contributed by atoms with Gasteiger partial charge in [0.05, 0.1) is 6.54 Å². The Morgan fingerprint density at radius 2 is 1.89 bits per heavy atom. The number of halogens is 2. The number of hydrogen-bond donors (Lipinski definition) is 2. The standard InChI is InChI=1S/C20H26FN3O2.HI/c1-22-20(23-13-5-6-16-9-11-17(25)12-10-16)24(2)14-15-26-19-8-4-3-7-18(19)21;/h3-4,7-12,25H,5-6,13-15H2,1-2H3,(H,22,23);1H. The fourth-order valence-electron chi connectivity index (χ4n) is 2.50. The summed E-state index contributed by atoms with van der Waals surface area (Å²) in [6.07, 6.45) is 1.87. The summed E-state index contributed by atoms with van der Waals surface area (Å²) in [4.78, 5) is 6.20. The van der Waals surface area contributed by atoms with E-state index in [1.807, 2.05) is 24.1 Å². The van der Waals surface area contributed by atoms with Crippen molar-refractivity contribution in [1.82, 2.24) is 10.2 Å². The molecule has 2 N–H and O–H groups in total. The minimum Gasteiger partial charge on any atom is -0.508 e. The van der Waals surface area contributed by atoms with Crippen molar-refractivity contribution in [2.24, 2.45) is 4.99 Å². The van der Waals surface area contributed by atoms with Crippen LogP contribution < -0.4 is 10.1 Å². The Morgan fingerprint density at radius 1 is 1.19 bits per heavy atom. The minimum atomic E-state index is -0.355. The number of nitrogens with one attached hydrogen (secondary N) is 1. The molecule has 27 heavy (non-hydrogen) atoms. The molecule has 0 amide bonds. The van der Waals surface area contributed by atoms with E-state index < -0.39 is 0 Å². The second kappa shape index (κ2) is 12.4. The number of aromatic hydroxyl groups is 1. The largest absolute Gasteiger partial charge is 0.508 e. The van der Waals surface area contributed by atoms with Gasteiger partial charge in [-0.2, -0.15) is 0 Å². The van der Waals surface area contributed by atoms with E-state index in [-0.39, 0.29) is 41.3 Å². The van der Waals surface area contributed by atoms with Gasteiger partial charge in [0.25, 0.3) is 0 Å². The number of nitrogens with zero attached hydrogens (tertiary/aromatic N) is 2. The number of phenolic OH excluding ortho intramolecular Hbond substituents is 1. The van der Waals surface area contributed by atoms with Gasteiger partial charge >= 0.3 is 0 Å². The molecule has 0 aromatic heterocycles. The molecule has 148 valence electrons. The molecule has 0 heterocycles. The molecular weight excluding hydrogens is 460 g/mol. The number of guanidine groups is 1. The van der Waals surface area contributed by atoms with Gasteiger partial charge in [-0.25, -0.2) is 4.39 Å². The molecule has 0 saturated carbocycles. The zero-order chi connectivity index (χ0) is 18.8. The van der Waals surface area contributed by atoms with Gasteiger partial charge in [-0.3, -0.25) is 4.99 Å². The lowest BCUT2D eigenvalue weighted by molar-refractivity contribution is 0.270. The molecule has 0 unspecified atom stereocenters. The summed E-state index contributed by atoms with van der Waals surface area (Å²) in [6, 6.07) is 13.6. The maximum atomic E-state index is 13.5. The molecule has 0 radical (unpaired) electrons. The molecule has 0 saturated heterocycles. The van der Waals surface area contributed by atoms with Crippen LogP contribution in [0.2, 0.25) is 0 Å². The van der Waals surface area contributed by atoms with Gasteiger partial charge in [-0.15, -0.1) is 24.0 Å². The number of ether oxygens (including phenoxy) is 1. The quantitative estimate of drug-likeness (QED) is 0.258. The average Bonchev–Trinajstić information content (AvgIpc) is 2.64. The van der Waals surface area contributed by atoms with E-state index in [0.717, 1.165) is 25.3 Å². The number of aliphatic imine (C=N–C) groups is 1. The Bertz CT molecular complexity index is 711. The number of hydrogen-bond acceptors (Lipinski definition) is 3. The van der Waals surface area contributed by atoms with E-state index in [1.165, 1.54) is 11.6 Å². The van der Waals surface area contributed by atoms with Crippen LogP contribution in [0.3, 0.4) is 0 Å². The first kappa shape index (κ1) is 23.0. The van der Waals surface area contributed by atoms with Crippen molar-refractivity contribution < 1.29 is 14.2 Å². The summed E-state index contributed by atoms with van der Waals surface area (Å²) in [5.74, 6) is 0.962. The Morgan fingerprint density at radius 3 is 2.56 bits per heavy atom. The average molecular weight is 487 g/mol. The second-order valence-corrected chi connectivity index (χ2v) is 5.94. The lowest BCUT2D eigenvalue weighted by Gasteiger charge is -2.22. The maximum absolute atomic E-state index is 13.5. The SMILES string of the molecule is CN=C(NCCCc1ccc(O)cc1)N(C)CCOc1ccccc1F.I. The highest BCUT2D eigenvalue weighted by atomic mass is 127. The minimum absolute atomic E-state index is 0. The van der Waals surface area contributed by atoms with E-state index in [2.05, 4.69) is 10.3 Å². The van der Waals surface area contributed by atoms with Crippen LogP contribution in [-0.2, 0) is 6.42 Å². The van der Waals surface area contributed by atoms with Gasteiger partial charge in [0.15, 0.2) is 17.5 Å². The zero-order valence-electron chi connectivity index (χ0n) is 15.7. The molecule has 0 spiro atoms. The number of likely N-dealkylation sites (N-methyl/N-ethyl adjacent to an activating group) is 1. The Labute approximate surface area is 177 Å². The Hall–Kier alpha value is -2.03. The third-order valence-corrected chi connectivity index (χ3v) is 3.96. The molecule has 0 atom stereocenters. The maximum Gasteiger partial charge on any atom is 0.193 e. The topological polar surface area (TPSA) is 57.1 Å². The molecule has 0 aliphatic heterocycles. The van der Waals surface area contributed by atoms with Gasteiger partial charge < -0.3 is 20.1 Å². The lowest BCUT2D eigenvalue weighted by atomic mass is 10.1. The molecule has 2 rings (SSSR count). The van der Waals surface area contributed by atoms with Crippen LogP contribution in [0.15, 0.2) is 53.5 Å². The fraction of sp³-hybridized carbons (Fsp3) is 0.350. The molecule has 0 aliphatic rings. The number of para-hydroxylation sites is 1. The highest BCUT2D eigenvalue weighted by Crippen LogP contribution is 2.15. The van der Waals surface area contributed by atoms with E-state index in [4.69, 9.17) is 4.74 Å². The van der Waals surface area contributed by atoms with E-state index in [9.17, 15) is 9.50 Å². The fourth-order valence-corrected chi connectivity index (χ4v) is 2.50.